The van der Waals surface area contributed by atoms with Gasteiger partial charge < -0.3 is 15.0 Å². The van der Waals surface area contributed by atoms with Crippen molar-refractivity contribution >= 4 is 10.9 Å². The normalized spacial score (nSPS) is 14.1. The Labute approximate surface area is 162 Å². The summed E-state index contributed by atoms with van der Waals surface area (Å²) in [5.41, 5.74) is 6.61. The van der Waals surface area contributed by atoms with Crippen LogP contribution in [-0.4, -0.2) is 24.7 Å². The molecule has 1 aliphatic rings. The molecule has 142 valence electrons. The first kappa shape index (κ1) is 18.1. The Kier molecular flexibility index (Phi) is 5.78. The maximum Gasteiger partial charge on any atom is 0.127 e. The smallest absolute Gasteiger partial charge is 0.127 e. The lowest BCUT2D eigenvalue weighted by Gasteiger charge is -2.13. The Balaban J connectivity index is 1.69. The van der Waals surface area contributed by atoms with Crippen LogP contribution in [0, 0.1) is 0 Å². The maximum absolute atomic E-state index is 6.21. The van der Waals surface area contributed by atoms with E-state index in [4.69, 9.17) is 4.74 Å². The molecule has 3 aromatic rings. The van der Waals surface area contributed by atoms with Gasteiger partial charge in [0.05, 0.1) is 6.61 Å². The van der Waals surface area contributed by atoms with E-state index >= 15 is 0 Å². The Morgan fingerprint density at radius 3 is 2.67 bits per heavy atom. The van der Waals surface area contributed by atoms with Crippen molar-refractivity contribution in [3.05, 3.63) is 53.7 Å². The SMILES string of the molecule is CCCCCCOc1ccccc1-c1cccc2[nH]c3c(c12)CCNCC3. The molecule has 0 bridgehead atoms. The summed E-state index contributed by atoms with van der Waals surface area (Å²) in [7, 11) is 0. The third-order valence-electron chi connectivity index (χ3n) is 5.55. The van der Waals surface area contributed by atoms with Crippen LogP contribution in [0.2, 0.25) is 0 Å². The average Bonchev–Trinajstić information content (AvgIpc) is 2.89. The predicted molar refractivity (Wildman–Crippen MR) is 114 cm³/mol. The number of para-hydroxylation sites is 1. The van der Waals surface area contributed by atoms with Gasteiger partial charge in [0.25, 0.3) is 0 Å². The molecule has 0 spiro atoms. The number of H-pyrrole nitrogens is 1. The summed E-state index contributed by atoms with van der Waals surface area (Å²) in [4.78, 5) is 3.67. The van der Waals surface area contributed by atoms with Gasteiger partial charge in [0.2, 0.25) is 0 Å². The van der Waals surface area contributed by atoms with Gasteiger partial charge in [0.1, 0.15) is 5.75 Å². The second-order valence-corrected chi connectivity index (χ2v) is 7.47. The molecule has 4 rings (SSSR count). The number of rotatable bonds is 7. The van der Waals surface area contributed by atoms with E-state index < -0.39 is 0 Å². The highest BCUT2D eigenvalue weighted by Gasteiger charge is 2.18. The van der Waals surface area contributed by atoms with E-state index in [2.05, 4.69) is 59.7 Å². The van der Waals surface area contributed by atoms with E-state index in [1.54, 1.807) is 0 Å². The van der Waals surface area contributed by atoms with Crippen LogP contribution in [0.1, 0.15) is 43.9 Å². The molecule has 2 aromatic carbocycles. The van der Waals surface area contributed by atoms with Crippen LogP contribution in [0.15, 0.2) is 42.5 Å². The minimum absolute atomic E-state index is 0.794. The summed E-state index contributed by atoms with van der Waals surface area (Å²) in [6, 6.07) is 15.1. The largest absolute Gasteiger partial charge is 0.493 e. The second kappa shape index (κ2) is 8.62. The van der Waals surface area contributed by atoms with Gasteiger partial charge in [0.15, 0.2) is 0 Å². The lowest BCUT2D eigenvalue weighted by Crippen LogP contribution is -2.16. The van der Waals surface area contributed by atoms with Crippen molar-refractivity contribution in [3.63, 3.8) is 0 Å². The number of ether oxygens (including phenoxy) is 1. The lowest BCUT2D eigenvalue weighted by atomic mass is 9.96. The van der Waals surface area contributed by atoms with E-state index in [9.17, 15) is 0 Å². The molecule has 0 unspecified atom stereocenters. The first-order chi connectivity index (χ1) is 13.4. The fourth-order valence-corrected chi connectivity index (χ4v) is 4.16. The summed E-state index contributed by atoms with van der Waals surface area (Å²) in [5.74, 6) is 1.00. The van der Waals surface area contributed by atoms with Crippen LogP contribution in [0.5, 0.6) is 5.75 Å². The Morgan fingerprint density at radius 1 is 0.889 bits per heavy atom. The van der Waals surface area contributed by atoms with Gasteiger partial charge in [0, 0.05) is 35.1 Å². The van der Waals surface area contributed by atoms with Crippen molar-refractivity contribution in [3.8, 4) is 16.9 Å². The number of hydrogen-bond donors (Lipinski definition) is 2. The molecule has 0 atom stereocenters. The van der Waals surface area contributed by atoms with Crippen LogP contribution in [0.25, 0.3) is 22.0 Å². The molecule has 0 amide bonds. The molecule has 3 heteroatoms. The first-order valence-electron chi connectivity index (χ1n) is 10.4. The van der Waals surface area contributed by atoms with Crippen molar-refractivity contribution in [2.45, 2.75) is 45.4 Å². The highest BCUT2D eigenvalue weighted by atomic mass is 16.5. The van der Waals surface area contributed by atoms with Gasteiger partial charge in [-0.1, -0.05) is 56.5 Å². The number of aromatic nitrogens is 1. The molecule has 0 saturated heterocycles. The molecule has 1 aromatic heterocycles. The van der Waals surface area contributed by atoms with Crippen LogP contribution in [0.3, 0.4) is 0 Å². The monoisotopic (exact) mass is 362 g/mol. The second-order valence-electron chi connectivity index (χ2n) is 7.47. The van der Waals surface area contributed by atoms with Gasteiger partial charge >= 0.3 is 0 Å². The number of nitrogens with one attached hydrogen (secondary N) is 2. The van der Waals surface area contributed by atoms with Gasteiger partial charge in [-0.25, -0.2) is 0 Å². The minimum Gasteiger partial charge on any atom is -0.493 e. The molecule has 27 heavy (non-hydrogen) atoms. The fourth-order valence-electron chi connectivity index (χ4n) is 4.16. The highest BCUT2D eigenvalue weighted by Crippen LogP contribution is 2.38. The topological polar surface area (TPSA) is 37.0 Å². The Bertz CT molecular complexity index is 897. The zero-order chi connectivity index (χ0) is 18.5. The summed E-state index contributed by atoms with van der Waals surface area (Å²) in [6.45, 7) is 5.13. The number of fused-ring (bicyclic) bond motifs is 3. The summed E-state index contributed by atoms with van der Waals surface area (Å²) >= 11 is 0. The van der Waals surface area contributed by atoms with E-state index in [0.717, 1.165) is 44.7 Å². The summed E-state index contributed by atoms with van der Waals surface area (Å²) in [5, 5.41) is 4.89. The first-order valence-corrected chi connectivity index (χ1v) is 10.4. The fraction of sp³-hybridized carbons (Fsp3) is 0.417. The van der Waals surface area contributed by atoms with Crippen LogP contribution in [0.4, 0.5) is 0 Å². The number of hydrogen-bond acceptors (Lipinski definition) is 2. The van der Waals surface area contributed by atoms with Crippen molar-refractivity contribution in [2.24, 2.45) is 0 Å². The van der Waals surface area contributed by atoms with Crippen molar-refractivity contribution in [2.75, 3.05) is 19.7 Å². The number of aromatic amines is 1. The van der Waals surface area contributed by atoms with Crippen LogP contribution < -0.4 is 10.1 Å². The quantitative estimate of drug-likeness (QED) is 0.546. The van der Waals surface area contributed by atoms with Crippen molar-refractivity contribution in [1.29, 1.82) is 0 Å². The van der Waals surface area contributed by atoms with E-state index in [1.807, 2.05) is 0 Å². The minimum atomic E-state index is 0.794. The van der Waals surface area contributed by atoms with Crippen LogP contribution >= 0.6 is 0 Å². The van der Waals surface area contributed by atoms with Crippen molar-refractivity contribution < 1.29 is 4.74 Å². The summed E-state index contributed by atoms with van der Waals surface area (Å²) in [6.07, 6.45) is 7.05. The molecule has 1 aliphatic heterocycles. The molecule has 2 N–H and O–H groups in total. The maximum atomic E-state index is 6.21. The number of unbranched alkanes of at least 4 members (excludes halogenated alkanes) is 3. The van der Waals surface area contributed by atoms with E-state index in [0.29, 0.717) is 0 Å². The predicted octanol–water partition coefficient (Wildman–Crippen LogP) is 5.48. The van der Waals surface area contributed by atoms with Gasteiger partial charge in [-0.05, 0) is 42.6 Å². The molecular formula is C24H30N2O. The average molecular weight is 363 g/mol. The molecule has 3 nitrogen and oxygen atoms in total. The lowest BCUT2D eigenvalue weighted by molar-refractivity contribution is 0.306. The molecule has 0 saturated carbocycles. The van der Waals surface area contributed by atoms with Gasteiger partial charge in [-0.15, -0.1) is 0 Å². The zero-order valence-corrected chi connectivity index (χ0v) is 16.3. The van der Waals surface area contributed by atoms with Crippen LogP contribution in [-0.2, 0) is 12.8 Å². The van der Waals surface area contributed by atoms with Gasteiger partial charge in [-0.2, -0.15) is 0 Å². The Hall–Kier alpha value is -2.26. The standard InChI is InChI=1S/C24H30N2O/c1-2-3-4-7-17-27-23-12-6-5-9-18(23)19-10-8-11-22-24(19)20-13-15-25-16-14-21(20)26-22/h5-6,8-12,25-26H,2-4,7,13-17H2,1H3. The molecule has 2 heterocycles. The third kappa shape index (κ3) is 3.89. The highest BCUT2D eigenvalue weighted by molar-refractivity contribution is 5.99. The molecule has 0 radical (unpaired) electrons. The molecular weight excluding hydrogens is 332 g/mol. The third-order valence-corrected chi connectivity index (χ3v) is 5.55. The van der Waals surface area contributed by atoms with Crippen molar-refractivity contribution in [1.82, 2.24) is 10.3 Å². The molecule has 0 aliphatic carbocycles. The zero-order valence-electron chi connectivity index (χ0n) is 16.3. The van der Waals surface area contributed by atoms with E-state index in [-0.39, 0.29) is 0 Å². The number of benzene rings is 2. The van der Waals surface area contributed by atoms with Gasteiger partial charge in [-0.3, -0.25) is 0 Å². The molecule has 0 fully saturated rings. The summed E-state index contributed by atoms with van der Waals surface area (Å²) < 4.78 is 6.21. The Morgan fingerprint density at radius 2 is 1.74 bits per heavy atom. The van der Waals surface area contributed by atoms with E-state index in [1.165, 1.54) is 52.5 Å².